The number of thiol groups is 1. The van der Waals surface area contributed by atoms with Crippen LogP contribution in [0.5, 0.6) is 0 Å². The number of rotatable bonds is 2. The van der Waals surface area contributed by atoms with Gasteiger partial charge in [0.2, 0.25) is 0 Å². The summed E-state index contributed by atoms with van der Waals surface area (Å²) >= 11 is 4.36. The molecule has 1 heteroatoms. The summed E-state index contributed by atoms with van der Waals surface area (Å²) in [5.41, 5.74) is 2.80. The van der Waals surface area contributed by atoms with E-state index in [2.05, 4.69) is 56.0 Å². The molecule has 0 radical (unpaired) electrons. The minimum atomic E-state index is 0.827. The summed E-state index contributed by atoms with van der Waals surface area (Å²) in [6.07, 6.45) is 1.08. The Labute approximate surface area is 90.4 Å². The van der Waals surface area contributed by atoms with Crippen molar-refractivity contribution < 1.29 is 0 Å². The third-order valence-electron chi connectivity index (χ3n) is 2.66. The van der Waals surface area contributed by atoms with Gasteiger partial charge in [0.1, 0.15) is 0 Å². The zero-order valence-electron chi connectivity index (χ0n) is 8.33. The third kappa shape index (κ3) is 1.53. The Kier molecular flexibility index (Phi) is 2.78. The normalized spacial score (nSPS) is 10.7. The van der Waals surface area contributed by atoms with Gasteiger partial charge in [-0.2, -0.15) is 12.6 Å². The number of aryl methyl sites for hydroxylation is 1. The molecule has 0 heterocycles. The summed E-state index contributed by atoms with van der Waals surface area (Å²) < 4.78 is 0. The van der Waals surface area contributed by atoms with E-state index in [1.165, 1.54) is 21.9 Å². The van der Waals surface area contributed by atoms with Gasteiger partial charge in [-0.15, -0.1) is 0 Å². The van der Waals surface area contributed by atoms with Crippen LogP contribution in [-0.2, 0) is 12.2 Å². The highest BCUT2D eigenvalue weighted by molar-refractivity contribution is 7.79. The molecule has 0 unspecified atom stereocenters. The molecule has 0 saturated heterocycles. The van der Waals surface area contributed by atoms with Gasteiger partial charge in [0, 0.05) is 5.75 Å². The highest BCUT2D eigenvalue weighted by Gasteiger charge is 2.03. The van der Waals surface area contributed by atoms with E-state index in [1.54, 1.807) is 0 Å². The third-order valence-corrected chi connectivity index (χ3v) is 3.00. The van der Waals surface area contributed by atoms with E-state index < -0.39 is 0 Å². The molecule has 0 aliphatic carbocycles. The van der Waals surface area contributed by atoms with Gasteiger partial charge in [-0.3, -0.25) is 0 Å². The SMILES string of the molecule is CCc1c(CS)ccc2ccccc12. The average molecular weight is 202 g/mol. The van der Waals surface area contributed by atoms with E-state index in [0.717, 1.165) is 12.2 Å². The highest BCUT2D eigenvalue weighted by atomic mass is 32.1. The summed E-state index contributed by atoms with van der Waals surface area (Å²) in [6, 6.07) is 12.9. The van der Waals surface area contributed by atoms with Crippen LogP contribution in [0.2, 0.25) is 0 Å². The van der Waals surface area contributed by atoms with Crippen LogP contribution >= 0.6 is 12.6 Å². The molecule has 0 aliphatic heterocycles. The molecule has 2 aromatic carbocycles. The predicted octanol–water partition coefficient (Wildman–Crippen LogP) is 3.83. The first-order valence-electron chi connectivity index (χ1n) is 4.97. The van der Waals surface area contributed by atoms with E-state index in [9.17, 15) is 0 Å². The maximum Gasteiger partial charge on any atom is 0.0157 e. The lowest BCUT2D eigenvalue weighted by atomic mass is 9.98. The predicted molar refractivity (Wildman–Crippen MR) is 66.0 cm³/mol. The van der Waals surface area contributed by atoms with Crippen LogP contribution < -0.4 is 0 Å². The Morgan fingerprint density at radius 2 is 1.86 bits per heavy atom. The number of hydrogen-bond donors (Lipinski definition) is 1. The van der Waals surface area contributed by atoms with Crippen LogP contribution in [0.3, 0.4) is 0 Å². The lowest BCUT2D eigenvalue weighted by Crippen LogP contribution is -1.91. The Bertz CT molecular complexity index is 446. The molecule has 0 amide bonds. The fourth-order valence-corrected chi connectivity index (χ4v) is 2.24. The Balaban J connectivity index is 2.77. The molecule has 2 aromatic rings. The van der Waals surface area contributed by atoms with Gasteiger partial charge >= 0.3 is 0 Å². The van der Waals surface area contributed by atoms with Gasteiger partial charge < -0.3 is 0 Å². The van der Waals surface area contributed by atoms with Crippen LogP contribution in [-0.4, -0.2) is 0 Å². The quantitative estimate of drug-likeness (QED) is 0.703. The van der Waals surface area contributed by atoms with Crippen molar-refractivity contribution in [3.63, 3.8) is 0 Å². The monoisotopic (exact) mass is 202 g/mol. The fourth-order valence-electron chi connectivity index (χ4n) is 1.95. The minimum Gasteiger partial charge on any atom is -0.175 e. The molecule has 0 aromatic heterocycles. The summed E-state index contributed by atoms with van der Waals surface area (Å²) in [6.45, 7) is 2.20. The molecular weight excluding hydrogens is 188 g/mol. The molecule has 0 aliphatic rings. The second-order valence-corrected chi connectivity index (χ2v) is 3.75. The van der Waals surface area contributed by atoms with Crippen molar-refractivity contribution in [2.45, 2.75) is 19.1 Å². The molecule has 0 atom stereocenters. The zero-order chi connectivity index (χ0) is 9.97. The van der Waals surface area contributed by atoms with Crippen LogP contribution in [0.25, 0.3) is 10.8 Å². The Morgan fingerprint density at radius 3 is 2.57 bits per heavy atom. The van der Waals surface area contributed by atoms with Crippen molar-refractivity contribution >= 4 is 23.4 Å². The van der Waals surface area contributed by atoms with E-state index in [4.69, 9.17) is 0 Å². The Hall–Kier alpha value is -0.950. The van der Waals surface area contributed by atoms with E-state index in [0.29, 0.717) is 0 Å². The summed E-state index contributed by atoms with van der Waals surface area (Å²) in [7, 11) is 0. The van der Waals surface area contributed by atoms with Gasteiger partial charge in [-0.25, -0.2) is 0 Å². The number of hydrogen-bond acceptors (Lipinski definition) is 1. The van der Waals surface area contributed by atoms with Gasteiger partial charge in [0.05, 0.1) is 0 Å². The molecule has 0 fully saturated rings. The fraction of sp³-hybridized carbons (Fsp3) is 0.231. The highest BCUT2D eigenvalue weighted by Crippen LogP contribution is 2.23. The molecule has 0 bridgehead atoms. The lowest BCUT2D eigenvalue weighted by molar-refractivity contribution is 1.12. The first-order valence-corrected chi connectivity index (χ1v) is 5.60. The smallest absolute Gasteiger partial charge is 0.0157 e. The first-order chi connectivity index (χ1) is 6.86. The summed E-state index contributed by atoms with van der Waals surface area (Å²) in [5.74, 6) is 0.827. The van der Waals surface area contributed by atoms with Crippen molar-refractivity contribution in [3.05, 3.63) is 47.5 Å². The molecule has 14 heavy (non-hydrogen) atoms. The maximum absolute atomic E-state index is 4.36. The van der Waals surface area contributed by atoms with Gasteiger partial charge in [-0.1, -0.05) is 43.3 Å². The van der Waals surface area contributed by atoms with E-state index in [-0.39, 0.29) is 0 Å². The zero-order valence-corrected chi connectivity index (χ0v) is 9.22. The van der Waals surface area contributed by atoms with Crippen LogP contribution in [0.1, 0.15) is 18.1 Å². The van der Waals surface area contributed by atoms with Crippen molar-refractivity contribution in [1.29, 1.82) is 0 Å². The topological polar surface area (TPSA) is 0 Å². The van der Waals surface area contributed by atoms with E-state index in [1.807, 2.05) is 0 Å². The van der Waals surface area contributed by atoms with Gasteiger partial charge in [0.25, 0.3) is 0 Å². The maximum atomic E-state index is 4.36. The summed E-state index contributed by atoms with van der Waals surface area (Å²) in [5, 5.41) is 2.71. The second-order valence-electron chi connectivity index (χ2n) is 3.44. The van der Waals surface area contributed by atoms with E-state index >= 15 is 0 Å². The van der Waals surface area contributed by atoms with Gasteiger partial charge in [0.15, 0.2) is 0 Å². The summed E-state index contributed by atoms with van der Waals surface area (Å²) in [4.78, 5) is 0. The minimum absolute atomic E-state index is 0.827. The van der Waals surface area contributed by atoms with Crippen molar-refractivity contribution in [3.8, 4) is 0 Å². The molecular formula is C13H14S. The second kappa shape index (κ2) is 4.05. The van der Waals surface area contributed by atoms with Crippen molar-refractivity contribution in [1.82, 2.24) is 0 Å². The molecule has 0 spiro atoms. The van der Waals surface area contributed by atoms with Crippen molar-refractivity contribution in [2.75, 3.05) is 0 Å². The molecule has 72 valence electrons. The van der Waals surface area contributed by atoms with Crippen LogP contribution in [0, 0.1) is 0 Å². The van der Waals surface area contributed by atoms with Crippen LogP contribution in [0.4, 0.5) is 0 Å². The number of benzene rings is 2. The molecule has 2 rings (SSSR count). The van der Waals surface area contributed by atoms with Gasteiger partial charge in [-0.05, 0) is 28.3 Å². The van der Waals surface area contributed by atoms with Crippen LogP contribution in [0.15, 0.2) is 36.4 Å². The van der Waals surface area contributed by atoms with Crippen molar-refractivity contribution in [2.24, 2.45) is 0 Å². The molecule has 0 nitrogen and oxygen atoms in total. The number of fused-ring (bicyclic) bond motifs is 1. The largest absolute Gasteiger partial charge is 0.175 e. The Morgan fingerprint density at radius 1 is 1.07 bits per heavy atom. The molecule has 0 saturated carbocycles. The molecule has 0 N–H and O–H groups in total. The standard InChI is InChI=1S/C13H14S/c1-2-12-11(9-14)8-7-10-5-3-4-6-13(10)12/h3-8,14H,2,9H2,1H3. The lowest BCUT2D eigenvalue weighted by Gasteiger charge is -2.09. The average Bonchev–Trinajstić information content (AvgIpc) is 2.27. The first kappa shape index (κ1) is 9.60.